The van der Waals surface area contributed by atoms with Crippen LogP contribution in [0, 0.1) is 12.7 Å². The fourth-order valence-electron chi connectivity index (χ4n) is 4.61. The zero-order valence-electron chi connectivity index (χ0n) is 17.5. The standard InChI is InChI=1S/C23H26FN5OS/c1-14-25-12-22(31-14)17-11-21(30)18(10-19(17)24)20-6-7-23(28-27-20)29-9-8-16(13-29)26-15-4-2-3-5-15/h6-7,10-12,15-16,26,30H,2-5,8-9,13H2,1H3. The van der Waals surface area contributed by atoms with E-state index in [1.165, 1.54) is 49.2 Å². The molecule has 3 aromatic rings. The summed E-state index contributed by atoms with van der Waals surface area (Å²) in [4.78, 5) is 7.09. The van der Waals surface area contributed by atoms with Crippen molar-refractivity contribution in [2.45, 2.75) is 51.1 Å². The Kier molecular flexibility index (Phi) is 5.58. The van der Waals surface area contributed by atoms with Crippen LogP contribution in [-0.2, 0) is 0 Å². The summed E-state index contributed by atoms with van der Waals surface area (Å²) in [6.07, 6.45) is 7.96. The first-order chi connectivity index (χ1) is 15.1. The topological polar surface area (TPSA) is 74.2 Å². The molecule has 1 aliphatic carbocycles. The van der Waals surface area contributed by atoms with E-state index >= 15 is 0 Å². The van der Waals surface area contributed by atoms with Gasteiger partial charge in [-0.15, -0.1) is 21.5 Å². The zero-order valence-corrected chi connectivity index (χ0v) is 18.3. The summed E-state index contributed by atoms with van der Waals surface area (Å²) in [5.41, 5.74) is 1.13. The van der Waals surface area contributed by atoms with Crippen molar-refractivity contribution >= 4 is 17.2 Å². The first-order valence-electron chi connectivity index (χ1n) is 10.9. The van der Waals surface area contributed by atoms with Crippen molar-refractivity contribution < 1.29 is 9.50 Å². The summed E-state index contributed by atoms with van der Waals surface area (Å²) in [6.45, 7) is 3.74. The number of anilines is 1. The molecule has 1 atom stereocenters. The number of nitrogens with zero attached hydrogens (tertiary/aromatic N) is 4. The molecule has 1 aliphatic heterocycles. The van der Waals surface area contributed by atoms with E-state index in [9.17, 15) is 9.50 Å². The zero-order chi connectivity index (χ0) is 21.4. The van der Waals surface area contributed by atoms with Gasteiger partial charge in [0.1, 0.15) is 11.6 Å². The quantitative estimate of drug-likeness (QED) is 0.608. The molecule has 0 spiro atoms. The number of rotatable bonds is 5. The van der Waals surface area contributed by atoms with Crippen LogP contribution in [-0.4, -0.2) is 45.5 Å². The van der Waals surface area contributed by atoms with Gasteiger partial charge in [0.15, 0.2) is 5.82 Å². The number of nitrogens with one attached hydrogen (secondary N) is 1. The highest BCUT2D eigenvalue weighted by molar-refractivity contribution is 7.15. The average molecular weight is 440 g/mol. The van der Waals surface area contributed by atoms with Gasteiger partial charge >= 0.3 is 0 Å². The summed E-state index contributed by atoms with van der Waals surface area (Å²) >= 11 is 1.39. The van der Waals surface area contributed by atoms with Crippen molar-refractivity contribution in [1.29, 1.82) is 0 Å². The molecular weight excluding hydrogens is 413 g/mol. The maximum Gasteiger partial charge on any atom is 0.151 e. The molecule has 31 heavy (non-hydrogen) atoms. The van der Waals surface area contributed by atoms with E-state index in [1.54, 1.807) is 12.3 Å². The number of hydrogen-bond acceptors (Lipinski definition) is 7. The Morgan fingerprint density at radius 3 is 2.65 bits per heavy atom. The van der Waals surface area contributed by atoms with Crippen molar-refractivity contribution in [2.75, 3.05) is 18.0 Å². The minimum Gasteiger partial charge on any atom is -0.507 e. The van der Waals surface area contributed by atoms with Gasteiger partial charge in [-0.2, -0.15) is 0 Å². The van der Waals surface area contributed by atoms with Gasteiger partial charge in [-0.05, 0) is 50.5 Å². The number of phenolic OH excluding ortho intramolecular Hbond substituents is 1. The van der Waals surface area contributed by atoms with Crippen LogP contribution in [0.15, 0.2) is 30.5 Å². The molecule has 0 bridgehead atoms. The van der Waals surface area contributed by atoms with Gasteiger partial charge in [0.2, 0.25) is 0 Å². The Balaban J connectivity index is 1.30. The van der Waals surface area contributed by atoms with Gasteiger partial charge in [-0.1, -0.05) is 12.8 Å². The highest BCUT2D eigenvalue weighted by atomic mass is 32.1. The van der Waals surface area contributed by atoms with Crippen LogP contribution in [0.1, 0.15) is 37.1 Å². The fourth-order valence-corrected chi connectivity index (χ4v) is 5.40. The summed E-state index contributed by atoms with van der Waals surface area (Å²) < 4.78 is 14.8. The lowest BCUT2D eigenvalue weighted by atomic mass is 10.1. The summed E-state index contributed by atoms with van der Waals surface area (Å²) in [5.74, 6) is 0.380. The summed E-state index contributed by atoms with van der Waals surface area (Å²) in [6, 6.07) is 7.61. The van der Waals surface area contributed by atoms with E-state index in [4.69, 9.17) is 0 Å². The third-order valence-electron chi connectivity index (χ3n) is 6.24. The Labute approximate surface area is 185 Å². The number of thiazole rings is 1. The van der Waals surface area contributed by atoms with Gasteiger partial charge in [0.25, 0.3) is 0 Å². The van der Waals surface area contributed by atoms with Gasteiger partial charge in [-0.25, -0.2) is 9.37 Å². The number of aromatic nitrogens is 3. The van der Waals surface area contributed by atoms with Gasteiger partial charge in [0.05, 0.1) is 15.6 Å². The number of aromatic hydroxyl groups is 1. The molecule has 0 radical (unpaired) electrons. The SMILES string of the molecule is Cc1ncc(-c2cc(O)c(-c3ccc(N4CCC(NC5CCCC5)C4)nn3)cc2F)s1. The lowest BCUT2D eigenvalue weighted by Crippen LogP contribution is -2.38. The maximum atomic E-state index is 14.8. The molecular formula is C23H26FN5OS. The van der Waals surface area contributed by atoms with Crippen LogP contribution in [0.2, 0.25) is 0 Å². The van der Waals surface area contributed by atoms with E-state index in [0.29, 0.717) is 33.8 Å². The molecule has 1 saturated heterocycles. The van der Waals surface area contributed by atoms with Crippen molar-refractivity contribution in [3.05, 3.63) is 41.3 Å². The molecule has 2 aromatic heterocycles. The van der Waals surface area contributed by atoms with Crippen LogP contribution >= 0.6 is 11.3 Å². The summed E-state index contributed by atoms with van der Waals surface area (Å²) in [5, 5.41) is 23.8. The predicted molar refractivity (Wildman–Crippen MR) is 121 cm³/mol. The Morgan fingerprint density at radius 2 is 1.94 bits per heavy atom. The monoisotopic (exact) mass is 439 g/mol. The maximum absolute atomic E-state index is 14.8. The minimum absolute atomic E-state index is 0.0218. The van der Waals surface area contributed by atoms with E-state index in [0.717, 1.165) is 30.3 Å². The fraction of sp³-hybridized carbons (Fsp3) is 0.435. The van der Waals surface area contributed by atoms with E-state index in [2.05, 4.69) is 25.4 Å². The second-order valence-electron chi connectivity index (χ2n) is 8.45. The highest BCUT2D eigenvalue weighted by Gasteiger charge is 2.27. The molecule has 6 nitrogen and oxygen atoms in total. The van der Waals surface area contributed by atoms with Crippen molar-refractivity contribution in [3.63, 3.8) is 0 Å². The van der Waals surface area contributed by atoms with Crippen molar-refractivity contribution in [1.82, 2.24) is 20.5 Å². The lowest BCUT2D eigenvalue weighted by molar-refractivity contribution is 0.451. The van der Waals surface area contributed by atoms with Crippen molar-refractivity contribution in [3.8, 4) is 27.4 Å². The lowest BCUT2D eigenvalue weighted by Gasteiger charge is -2.20. The molecule has 2 fully saturated rings. The smallest absolute Gasteiger partial charge is 0.151 e. The first-order valence-corrected chi connectivity index (χ1v) is 11.7. The number of halogens is 1. The first kappa shape index (κ1) is 20.3. The van der Waals surface area contributed by atoms with E-state index in [-0.39, 0.29) is 5.75 Å². The molecule has 3 heterocycles. The van der Waals surface area contributed by atoms with Crippen molar-refractivity contribution in [2.24, 2.45) is 0 Å². The third-order valence-corrected chi connectivity index (χ3v) is 7.18. The molecule has 2 N–H and O–H groups in total. The molecule has 1 unspecified atom stereocenters. The van der Waals surface area contributed by atoms with Crippen LogP contribution in [0.3, 0.4) is 0 Å². The molecule has 5 rings (SSSR count). The second kappa shape index (κ2) is 8.51. The van der Waals surface area contributed by atoms with Crippen LogP contribution in [0.5, 0.6) is 5.75 Å². The van der Waals surface area contributed by atoms with Crippen LogP contribution in [0.4, 0.5) is 10.2 Å². The van der Waals surface area contributed by atoms with Gasteiger partial charge in [-0.3, -0.25) is 0 Å². The molecule has 8 heteroatoms. The van der Waals surface area contributed by atoms with Gasteiger partial charge < -0.3 is 15.3 Å². The molecule has 2 aliphatic rings. The third kappa shape index (κ3) is 4.27. The molecule has 1 saturated carbocycles. The number of phenols is 1. The average Bonchev–Trinajstić information content (AvgIpc) is 3.53. The van der Waals surface area contributed by atoms with Crippen LogP contribution < -0.4 is 10.2 Å². The molecule has 1 aromatic carbocycles. The number of hydrogen-bond donors (Lipinski definition) is 2. The summed E-state index contributed by atoms with van der Waals surface area (Å²) in [7, 11) is 0. The second-order valence-corrected chi connectivity index (χ2v) is 9.68. The van der Waals surface area contributed by atoms with Crippen LogP contribution in [0.25, 0.3) is 21.7 Å². The number of benzene rings is 1. The highest BCUT2D eigenvalue weighted by Crippen LogP contribution is 2.37. The predicted octanol–water partition coefficient (Wildman–Crippen LogP) is 4.53. The Hall–Kier alpha value is -2.58. The Bertz CT molecular complexity index is 1060. The minimum atomic E-state index is -0.414. The van der Waals surface area contributed by atoms with Gasteiger partial charge in [0, 0.05) is 42.5 Å². The van der Waals surface area contributed by atoms with E-state index in [1.807, 2.05) is 13.0 Å². The number of aryl methyl sites for hydroxylation is 1. The largest absolute Gasteiger partial charge is 0.507 e. The molecule has 0 amide bonds. The van der Waals surface area contributed by atoms with E-state index < -0.39 is 5.82 Å². The Morgan fingerprint density at radius 1 is 1.10 bits per heavy atom. The normalized spacial score (nSPS) is 19.4. The molecule has 162 valence electrons.